The molecule has 128 valence electrons. The quantitative estimate of drug-likeness (QED) is 0.859. The molecule has 1 aliphatic carbocycles. The molecule has 1 saturated carbocycles. The van der Waals surface area contributed by atoms with Crippen LogP contribution in [0.1, 0.15) is 32.1 Å². The second-order valence-corrected chi connectivity index (χ2v) is 7.33. The number of aromatic nitrogens is 2. The Kier molecular flexibility index (Phi) is 5.38. The number of rotatable bonds is 4. The number of nitrogens with one attached hydrogen (secondary N) is 1. The molecule has 0 aromatic carbocycles. The van der Waals surface area contributed by atoms with Crippen molar-refractivity contribution < 1.29 is 4.74 Å². The normalized spacial score (nSPS) is 22.0. The summed E-state index contributed by atoms with van der Waals surface area (Å²) in [6, 6.07) is 0. The molecule has 0 radical (unpaired) electrons. The number of aryl methyl sites for hydroxylation is 1. The fourth-order valence-corrected chi connectivity index (χ4v) is 4.25. The van der Waals surface area contributed by atoms with Crippen LogP contribution in [-0.2, 0) is 11.8 Å². The average molecular weight is 385 g/mol. The molecule has 1 aromatic heterocycles. The summed E-state index contributed by atoms with van der Waals surface area (Å²) >= 11 is 3.40. The Labute approximate surface area is 145 Å². The van der Waals surface area contributed by atoms with E-state index in [0.29, 0.717) is 4.47 Å². The lowest BCUT2D eigenvalue weighted by molar-refractivity contribution is -0.0318. The zero-order valence-corrected chi connectivity index (χ0v) is 15.3. The van der Waals surface area contributed by atoms with Crippen molar-refractivity contribution in [3.05, 3.63) is 21.0 Å². The van der Waals surface area contributed by atoms with Crippen LogP contribution in [0.2, 0.25) is 0 Å². The molecule has 1 saturated heterocycles. The van der Waals surface area contributed by atoms with Crippen LogP contribution >= 0.6 is 15.9 Å². The highest BCUT2D eigenvalue weighted by Crippen LogP contribution is 2.35. The second kappa shape index (κ2) is 7.32. The van der Waals surface area contributed by atoms with E-state index in [0.717, 1.165) is 38.5 Å². The van der Waals surface area contributed by atoms with Crippen molar-refractivity contribution in [2.45, 2.75) is 37.6 Å². The number of ether oxygens (including phenoxy) is 1. The number of hydrogen-bond acceptors (Lipinski definition) is 5. The first-order chi connectivity index (χ1) is 11.1. The maximum atomic E-state index is 12.0. The molecular formula is C16H25BrN4O2. The third kappa shape index (κ3) is 3.61. The van der Waals surface area contributed by atoms with Gasteiger partial charge in [0.1, 0.15) is 4.47 Å². The molecule has 23 heavy (non-hydrogen) atoms. The molecule has 2 heterocycles. The monoisotopic (exact) mass is 384 g/mol. The van der Waals surface area contributed by atoms with Gasteiger partial charge in [-0.25, -0.2) is 4.68 Å². The van der Waals surface area contributed by atoms with Crippen LogP contribution in [0.15, 0.2) is 15.5 Å². The van der Waals surface area contributed by atoms with Crippen LogP contribution in [-0.4, -0.2) is 53.1 Å². The minimum Gasteiger partial charge on any atom is -0.381 e. The Hall–Kier alpha value is -0.920. The summed E-state index contributed by atoms with van der Waals surface area (Å²) < 4.78 is 7.42. The molecule has 1 aliphatic heterocycles. The second-order valence-electron chi connectivity index (χ2n) is 6.54. The lowest BCUT2D eigenvalue weighted by atomic mass is 9.79. The summed E-state index contributed by atoms with van der Waals surface area (Å²) in [6.45, 7) is 4.48. The van der Waals surface area contributed by atoms with Crippen LogP contribution in [0.4, 0.5) is 5.69 Å². The zero-order valence-electron chi connectivity index (χ0n) is 13.7. The van der Waals surface area contributed by atoms with Gasteiger partial charge in [0, 0.05) is 32.2 Å². The van der Waals surface area contributed by atoms with Crippen molar-refractivity contribution in [3.8, 4) is 0 Å². The van der Waals surface area contributed by atoms with Gasteiger partial charge >= 0.3 is 0 Å². The van der Waals surface area contributed by atoms with Crippen molar-refractivity contribution in [2.75, 3.05) is 38.2 Å². The van der Waals surface area contributed by atoms with Crippen LogP contribution in [0.3, 0.4) is 0 Å². The Balaban J connectivity index is 1.76. The summed E-state index contributed by atoms with van der Waals surface area (Å²) in [5, 5.41) is 7.60. The van der Waals surface area contributed by atoms with Gasteiger partial charge < -0.3 is 10.1 Å². The van der Waals surface area contributed by atoms with E-state index in [-0.39, 0.29) is 11.1 Å². The van der Waals surface area contributed by atoms with Gasteiger partial charge in [0.2, 0.25) is 0 Å². The molecule has 2 fully saturated rings. The summed E-state index contributed by atoms with van der Waals surface area (Å²) in [6.07, 6.45) is 8.00. The number of morpholine rings is 1. The van der Waals surface area contributed by atoms with E-state index in [4.69, 9.17) is 4.74 Å². The van der Waals surface area contributed by atoms with E-state index in [9.17, 15) is 4.79 Å². The minimum atomic E-state index is -0.112. The van der Waals surface area contributed by atoms with Gasteiger partial charge in [-0.05, 0) is 28.8 Å². The lowest BCUT2D eigenvalue weighted by Gasteiger charge is -2.48. The molecule has 3 rings (SSSR count). The van der Waals surface area contributed by atoms with Crippen LogP contribution in [0.25, 0.3) is 0 Å². The highest BCUT2D eigenvalue weighted by Gasteiger charge is 2.38. The number of nitrogens with zero attached hydrogens (tertiary/aromatic N) is 3. The molecule has 0 bridgehead atoms. The van der Waals surface area contributed by atoms with Crippen molar-refractivity contribution >= 4 is 21.6 Å². The molecule has 0 amide bonds. The minimum absolute atomic E-state index is 0.112. The maximum absolute atomic E-state index is 12.0. The Morgan fingerprint density at radius 1 is 1.30 bits per heavy atom. The Morgan fingerprint density at radius 2 is 2.00 bits per heavy atom. The molecule has 7 heteroatoms. The molecule has 2 aliphatic rings. The summed E-state index contributed by atoms with van der Waals surface area (Å²) in [5.74, 6) is 0. The molecule has 0 atom stereocenters. The van der Waals surface area contributed by atoms with E-state index in [2.05, 4.69) is 31.2 Å². The van der Waals surface area contributed by atoms with Gasteiger partial charge in [0.25, 0.3) is 5.56 Å². The lowest BCUT2D eigenvalue weighted by Crippen LogP contribution is -2.58. The van der Waals surface area contributed by atoms with Crippen LogP contribution in [0.5, 0.6) is 0 Å². The number of anilines is 1. The molecule has 0 spiro atoms. The molecule has 0 unspecified atom stereocenters. The standard InChI is InChI=1S/C16H25BrN4O2/c1-20-15(22)14(17)13(11-19-20)18-12-16(5-3-2-4-6-16)21-7-9-23-10-8-21/h11,18H,2-10,12H2,1H3. The van der Waals surface area contributed by atoms with Crippen LogP contribution < -0.4 is 10.9 Å². The van der Waals surface area contributed by atoms with E-state index in [1.54, 1.807) is 13.2 Å². The topological polar surface area (TPSA) is 59.4 Å². The predicted molar refractivity (Wildman–Crippen MR) is 93.9 cm³/mol. The molecule has 1 aromatic rings. The Morgan fingerprint density at radius 3 is 2.70 bits per heavy atom. The van der Waals surface area contributed by atoms with E-state index in [1.807, 2.05) is 0 Å². The number of hydrogen-bond donors (Lipinski definition) is 1. The fraction of sp³-hybridized carbons (Fsp3) is 0.750. The van der Waals surface area contributed by atoms with Gasteiger partial charge in [-0.3, -0.25) is 9.69 Å². The predicted octanol–water partition coefficient (Wildman–Crippen LogP) is 1.99. The van der Waals surface area contributed by atoms with Crippen LogP contribution in [0, 0.1) is 0 Å². The van der Waals surface area contributed by atoms with E-state index >= 15 is 0 Å². The number of halogens is 1. The zero-order chi connectivity index (χ0) is 16.3. The van der Waals surface area contributed by atoms with Gasteiger partial charge in [0.05, 0.1) is 25.1 Å². The van der Waals surface area contributed by atoms with Crippen molar-refractivity contribution in [1.29, 1.82) is 0 Å². The van der Waals surface area contributed by atoms with Crippen molar-refractivity contribution in [3.63, 3.8) is 0 Å². The SMILES string of the molecule is Cn1ncc(NCC2(N3CCOCC3)CCCCC2)c(Br)c1=O. The third-order valence-electron chi connectivity index (χ3n) is 5.15. The molecule has 6 nitrogen and oxygen atoms in total. The van der Waals surface area contributed by atoms with E-state index < -0.39 is 0 Å². The largest absolute Gasteiger partial charge is 0.381 e. The Bertz CT molecular complexity index is 592. The van der Waals surface area contributed by atoms with Crippen molar-refractivity contribution in [1.82, 2.24) is 14.7 Å². The first kappa shape index (κ1) is 16.9. The maximum Gasteiger partial charge on any atom is 0.282 e. The van der Waals surface area contributed by atoms with E-state index in [1.165, 1.54) is 36.8 Å². The fourth-order valence-electron chi connectivity index (χ4n) is 3.75. The van der Waals surface area contributed by atoms with Gasteiger partial charge in [-0.15, -0.1) is 0 Å². The van der Waals surface area contributed by atoms with Crippen molar-refractivity contribution in [2.24, 2.45) is 7.05 Å². The molecule has 1 N–H and O–H groups in total. The summed E-state index contributed by atoms with van der Waals surface area (Å²) in [4.78, 5) is 14.6. The summed E-state index contributed by atoms with van der Waals surface area (Å²) in [5.41, 5.74) is 0.841. The third-order valence-corrected chi connectivity index (χ3v) is 5.92. The highest BCUT2D eigenvalue weighted by molar-refractivity contribution is 9.10. The highest BCUT2D eigenvalue weighted by atomic mass is 79.9. The first-order valence-corrected chi connectivity index (χ1v) is 9.20. The first-order valence-electron chi connectivity index (χ1n) is 8.41. The van der Waals surface area contributed by atoms with Gasteiger partial charge in [0.15, 0.2) is 0 Å². The van der Waals surface area contributed by atoms with Gasteiger partial charge in [-0.1, -0.05) is 19.3 Å². The smallest absolute Gasteiger partial charge is 0.282 e. The van der Waals surface area contributed by atoms with Gasteiger partial charge in [-0.2, -0.15) is 5.10 Å². The molecular weight excluding hydrogens is 360 g/mol. The summed E-state index contributed by atoms with van der Waals surface area (Å²) in [7, 11) is 1.66. The average Bonchev–Trinajstić information content (AvgIpc) is 2.61.